The molecule has 0 saturated heterocycles. The van der Waals surface area contributed by atoms with Gasteiger partial charge in [0.05, 0.1) is 12.6 Å². The van der Waals surface area contributed by atoms with Crippen LogP contribution >= 0.6 is 12.2 Å². The highest BCUT2D eigenvalue weighted by Crippen LogP contribution is 2.31. The van der Waals surface area contributed by atoms with E-state index in [-0.39, 0.29) is 6.04 Å². The molecule has 1 aliphatic heterocycles. The van der Waals surface area contributed by atoms with Crippen LogP contribution in [-0.4, -0.2) is 11.7 Å². The number of hydrogen-bond acceptors (Lipinski definition) is 2. The average molecular weight is 312 g/mol. The minimum atomic E-state index is 0.191. The molecule has 1 heterocycles. The topological polar surface area (TPSA) is 33.3 Å². The highest BCUT2D eigenvalue weighted by atomic mass is 32.1. The lowest BCUT2D eigenvalue weighted by Crippen LogP contribution is -2.35. The Bertz CT molecular complexity index is 699. The van der Waals surface area contributed by atoms with Crippen molar-refractivity contribution in [2.45, 2.75) is 26.3 Å². The van der Waals surface area contributed by atoms with E-state index in [0.29, 0.717) is 11.7 Å². The van der Waals surface area contributed by atoms with Crippen LogP contribution in [0.2, 0.25) is 0 Å². The van der Waals surface area contributed by atoms with Gasteiger partial charge in [-0.15, -0.1) is 0 Å². The summed E-state index contributed by atoms with van der Waals surface area (Å²) in [7, 11) is 0. The Kier molecular flexibility index (Phi) is 4.29. The molecule has 1 atom stereocenters. The molecule has 0 fully saturated rings. The van der Waals surface area contributed by atoms with Gasteiger partial charge in [-0.2, -0.15) is 0 Å². The first kappa shape index (κ1) is 14.9. The summed E-state index contributed by atoms with van der Waals surface area (Å²) < 4.78 is 5.68. The third-order valence-electron chi connectivity index (χ3n) is 4.03. The Morgan fingerprint density at radius 1 is 1.14 bits per heavy atom. The van der Waals surface area contributed by atoms with Gasteiger partial charge < -0.3 is 15.4 Å². The zero-order chi connectivity index (χ0) is 15.5. The second-order valence-electron chi connectivity index (χ2n) is 5.63. The minimum Gasteiger partial charge on any atom is -0.493 e. The Labute approximate surface area is 136 Å². The van der Waals surface area contributed by atoms with Gasteiger partial charge in [-0.3, -0.25) is 0 Å². The quantitative estimate of drug-likeness (QED) is 0.818. The number of rotatable bonds is 2. The third-order valence-corrected chi connectivity index (χ3v) is 4.25. The summed E-state index contributed by atoms with van der Waals surface area (Å²) in [5.41, 5.74) is 4.71. The van der Waals surface area contributed by atoms with Gasteiger partial charge in [0.15, 0.2) is 5.11 Å². The summed E-state index contributed by atoms with van der Waals surface area (Å²) >= 11 is 5.46. The predicted molar refractivity (Wildman–Crippen MR) is 94.6 cm³/mol. The summed E-state index contributed by atoms with van der Waals surface area (Å²) in [6.45, 7) is 4.92. The van der Waals surface area contributed by atoms with Crippen molar-refractivity contribution in [1.29, 1.82) is 0 Å². The lowest BCUT2D eigenvalue weighted by molar-refractivity contribution is 0.262. The number of benzene rings is 2. The second kappa shape index (κ2) is 6.36. The first-order chi connectivity index (χ1) is 10.6. The zero-order valence-corrected chi connectivity index (χ0v) is 13.7. The Hall–Kier alpha value is -2.07. The average Bonchev–Trinajstić information content (AvgIpc) is 2.51. The van der Waals surface area contributed by atoms with E-state index in [1.54, 1.807) is 0 Å². The van der Waals surface area contributed by atoms with Crippen molar-refractivity contribution in [2.75, 3.05) is 11.9 Å². The summed E-state index contributed by atoms with van der Waals surface area (Å²) in [5.74, 6) is 0.945. The standard InChI is InChI=1S/C18H20N2OS/c1-12-7-8-14(11-13(12)2)19-18(22)20-16-9-10-21-17-6-4-3-5-15(16)17/h3-8,11,16H,9-10H2,1-2H3,(H2,19,20,22)/t16-/m1/s1. The van der Waals surface area contributed by atoms with Gasteiger partial charge in [-0.1, -0.05) is 24.3 Å². The molecule has 0 saturated carbocycles. The molecule has 22 heavy (non-hydrogen) atoms. The molecule has 0 radical (unpaired) electrons. The summed E-state index contributed by atoms with van der Waals surface area (Å²) in [4.78, 5) is 0. The monoisotopic (exact) mass is 312 g/mol. The van der Waals surface area contributed by atoms with Crippen molar-refractivity contribution in [2.24, 2.45) is 0 Å². The van der Waals surface area contributed by atoms with Crippen molar-refractivity contribution >= 4 is 23.0 Å². The van der Waals surface area contributed by atoms with E-state index in [4.69, 9.17) is 17.0 Å². The fourth-order valence-electron chi connectivity index (χ4n) is 2.64. The molecule has 0 amide bonds. The number of anilines is 1. The van der Waals surface area contributed by atoms with Crippen LogP contribution in [0.15, 0.2) is 42.5 Å². The van der Waals surface area contributed by atoms with Crippen LogP contribution in [0.25, 0.3) is 0 Å². The molecule has 0 unspecified atom stereocenters. The third kappa shape index (κ3) is 3.22. The fraction of sp³-hybridized carbons (Fsp3) is 0.278. The molecule has 0 aromatic heterocycles. The maximum Gasteiger partial charge on any atom is 0.171 e. The number of thiocarbonyl (C=S) groups is 1. The Morgan fingerprint density at radius 3 is 2.77 bits per heavy atom. The van der Waals surface area contributed by atoms with Crippen LogP contribution in [0.3, 0.4) is 0 Å². The van der Waals surface area contributed by atoms with E-state index in [0.717, 1.165) is 23.4 Å². The maximum atomic E-state index is 5.68. The van der Waals surface area contributed by atoms with Crippen LogP contribution in [0.1, 0.15) is 29.2 Å². The number of hydrogen-bond donors (Lipinski definition) is 2. The van der Waals surface area contributed by atoms with Crippen molar-refractivity contribution in [3.05, 3.63) is 59.2 Å². The number of fused-ring (bicyclic) bond motifs is 1. The van der Waals surface area contributed by atoms with E-state index in [1.807, 2.05) is 24.3 Å². The molecule has 0 bridgehead atoms. The first-order valence-corrected chi connectivity index (χ1v) is 7.91. The largest absolute Gasteiger partial charge is 0.493 e. The van der Waals surface area contributed by atoms with Gasteiger partial charge in [-0.05, 0) is 55.4 Å². The molecule has 2 aromatic rings. The molecule has 2 aromatic carbocycles. The minimum absolute atomic E-state index is 0.191. The van der Waals surface area contributed by atoms with Crippen LogP contribution in [-0.2, 0) is 0 Å². The van der Waals surface area contributed by atoms with Crippen LogP contribution < -0.4 is 15.4 Å². The summed E-state index contributed by atoms with van der Waals surface area (Å²) in [6.07, 6.45) is 0.908. The summed E-state index contributed by atoms with van der Waals surface area (Å²) in [5, 5.41) is 7.31. The van der Waals surface area contributed by atoms with Crippen molar-refractivity contribution in [3.8, 4) is 5.75 Å². The van der Waals surface area contributed by atoms with Gasteiger partial charge in [0.2, 0.25) is 0 Å². The molecule has 2 N–H and O–H groups in total. The molecule has 3 rings (SSSR count). The van der Waals surface area contributed by atoms with E-state index in [2.05, 4.69) is 42.7 Å². The lowest BCUT2D eigenvalue weighted by atomic mass is 10.0. The summed E-state index contributed by atoms with van der Waals surface area (Å²) in [6, 6.07) is 14.6. The number of nitrogens with one attached hydrogen (secondary N) is 2. The molecule has 1 aliphatic rings. The SMILES string of the molecule is Cc1ccc(NC(=S)N[C@@H]2CCOc3ccccc32)cc1C. The highest BCUT2D eigenvalue weighted by Gasteiger charge is 2.21. The van der Waals surface area contributed by atoms with Crippen molar-refractivity contribution < 1.29 is 4.74 Å². The Morgan fingerprint density at radius 2 is 1.95 bits per heavy atom. The number of para-hydroxylation sites is 1. The van der Waals surface area contributed by atoms with Gasteiger partial charge >= 0.3 is 0 Å². The van der Waals surface area contributed by atoms with Crippen molar-refractivity contribution in [3.63, 3.8) is 0 Å². The molecular weight excluding hydrogens is 292 g/mol. The van der Waals surface area contributed by atoms with E-state index in [1.165, 1.54) is 11.1 Å². The molecule has 114 valence electrons. The molecular formula is C18H20N2OS. The first-order valence-electron chi connectivity index (χ1n) is 7.50. The molecule has 3 nitrogen and oxygen atoms in total. The van der Waals surface area contributed by atoms with E-state index in [9.17, 15) is 0 Å². The maximum absolute atomic E-state index is 5.68. The second-order valence-corrected chi connectivity index (χ2v) is 6.03. The fourth-order valence-corrected chi connectivity index (χ4v) is 2.90. The highest BCUT2D eigenvalue weighted by molar-refractivity contribution is 7.80. The van der Waals surface area contributed by atoms with Crippen LogP contribution in [0, 0.1) is 13.8 Å². The smallest absolute Gasteiger partial charge is 0.171 e. The van der Waals surface area contributed by atoms with Crippen LogP contribution in [0.5, 0.6) is 5.75 Å². The predicted octanol–water partition coefficient (Wildman–Crippen LogP) is 4.11. The van der Waals surface area contributed by atoms with Gasteiger partial charge in [0, 0.05) is 17.7 Å². The number of aryl methyl sites for hydroxylation is 2. The molecule has 4 heteroatoms. The van der Waals surface area contributed by atoms with Gasteiger partial charge in [0.1, 0.15) is 5.75 Å². The van der Waals surface area contributed by atoms with E-state index < -0.39 is 0 Å². The molecule has 0 aliphatic carbocycles. The Balaban J connectivity index is 1.69. The number of ether oxygens (including phenoxy) is 1. The molecule has 0 spiro atoms. The lowest BCUT2D eigenvalue weighted by Gasteiger charge is -2.27. The van der Waals surface area contributed by atoms with Gasteiger partial charge in [-0.25, -0.2) is 0 Å². The van der Waals surface area contributed by atoms with E-state index >= 15 is 0 Å². The van der Waals surface area contributed by atoms with Crippen molar-refractivity contribution in [1.82, 2.24) is 5.32 Å². The zero-order valence-electron chi connectivity index (χ0n) is 12.8. The normalized spacial score (nSPS) is 16.4. The van der Waals surface area contributed by atoms with Gasteiger partial charge in [0.25, 0.3) is 0 Å². The van der Waals surface area contributed by atoms with Crippen LogP contribution in [0.4, 0.5) is 5.69 Å².